The van der Waals surface area contributed by atoms with E-state index in [4.69, 9.17) is 4.74 Å². The second kappa shape index (κ2) is 25.9. The molecule has 0 saturated heterocycles. The van der Waals surface area contributed by atoms with Crippen LogP contribution in [0.1, 0.15) is 76.9 Å². The van der Waals surface area contributed by atoms with E-state index in [9.17, 15) is 9.90 Å². The standard InChI is InChI=1S/C26H31NO3.C2H6S.2C2H6/c1-7-11-13-22(9-3)25-17-21(18-30-23(10-4)14-12-8-2)15-16-24(25)26(29)27-19(5)20(6)28;1-2-3;2*1-2/h7-17,19,28H,3-4,6,18H2,1-2,5H3,(H,27,29);3H,2H2,1H3;2*1-2H3/b11-7-,12-8-,22-13+,23-14+;;;/t19-;;;/m0.../s1. The van der Waals surface area contributed by atoms with E-state index >= 15 is 0 Å². The zero-order chi connectivity index (χ0) is 29.2. The lowest BCUT2D eigenvalue weighted by Crippen LogP contribution is -2.34. The molecule has 0 saturated carbocycles. The Labute approximate surface area is 232 Å². The van der Waals surface area contributed by atoms with Gasteiger partial charge in [0.25, 0.3) is 5.91 Å². The summed E-state index contributed by atoms with van der Waals surface area (Å²) in [5.74, 6) is 1.18. The number of hydrogen-bond donors (Lipinski definition) is 3. The molecule has 1 atom stereocenters. The summed E-state index contributed by atoms with van der Waals surface area (Å²) in [6, 6.07) is 4.92. The van der Waals surface area contributed by atoms with Gasteiger partial charge in [-0.05, 0) is 67.5 Å². The fraction of sp³-hybridized carbons (Fsp3) is 0.344. The van der Waals surface area contributed by atoms with Crippen LogP contribution in [-0.2, 0) is 11.3 Å². The SMILES string of the molecule is C=C/C(=C\C=C/C)OCc1ccc(C(=O)N[C@@H](C)C(=C)O)c(/C(C=C)=C/C=C\C)c1.CC.CC.CCS. The molecule has 1 amide bonds. The quantitative estimate of drug-likeness (QED) is 0.153. The minimum Gasteiger partial charge on any atom is -0.511 e. The van der Waals surface area contributed by atoms with Gasteiger partial charge in [-0.25, -0.2) is 0 Å². The van der Waals surface area contributed by atoms with Crippen molar-refractivity contribution in [2.75, 3.05) is 5.75 Å². The van der Waals surface area contributed by atoms with Crippen LogP contribution in [0.15, 0.2) is 98.1 Å². The summed E-state index contributed by atoms with van der Waals surface area (Å²) in [4.78, 5) is 12.8. The largest absolute Gasteiger partial charge is 0.511 e. The highest BCUT2D eigenvalue weighted by atomic mass is 32.1. The van der Waals surface area contributed by atoms with Crippen molar-refractivity contribution in [1.82, 2.24) is 5.32 Å². The van der Waals surface area contributed by atoms with Crippen LogP contribution in [0.4, 0.5) is 0 Å². The highest BCUT2D eigenvalue weighted by Crippen LogP contribution is 2.24. The molecule has 0 aliphatic carbocycles. The average molecular weight is 528 g/mol. The third-order valence-electron chi connectivity index (χ3n) is 4.23. The lowest BCUT2D eigenvalue weighted by Gasteiger charge is -2.16. The summed E-state index contributed by atoms with van der Waals surface area (Å²) in [5, 5.41) is 12.3. The molecular formula is C32H49NO3S. The molecule has 0 heterocycles. The zero-order valence-corrected chi connectivity index (χ0v) is 25.1. The summed E-state index contributed by atoms with van der Waals surface area (Å²) in [6.07, 6.45) is 14.6. The van der Waals surface area contributed by atoms with E-state index in [-0.39, 0.29) is 11.7 Å². The van der Waals surface area contributed by atoms with Crippen LogP contribution in [0.3, 0.4) is 0 Å². The number of allylic oxidation sites excluding steroid dienone is 9. The molecule has 0 unspecified atom stereocenters. The second-order valence-corrected chi connectivity index (χ2v) is 7.45. The summed E-state index contributed by atoms with van der Waals surface area (Å²) in [5.41, 5.74) is 2.87. The van der Waals surface area contributed by atoms with Crippen molar-refractivity contribution in [2.45, 2.75) is 68.0 Å². The van der Waals surface area contributed by atoms with Gasteiger partial charge in [0.2, 0.25) is 0 Å². The number of nitrogens with one attached hydrogen (secondary N) is 1. The predicted molar refractivity (Wildman–Crippen MR) is 168 cm³/mol. The van der Waals surface area contributed by atoms with E-state index in [0.29, 0.717) is 17.9 Å². The van der Waals surface area contributed by atoms with Crippen molar-refractivity contribution in [2.24, 2.45) is 0 Å². The Morgan fingerprint density at radius 2 is 1.59 bits per heavy atom. The average Bonchev–Trinajstić information content (AvgIpc) is 2.92. The summed E-state index contributed by atoms with van der Waals surface area (Å²) in [6.45, 7) is 26.9. The second-order valence-electron chi connectivity index (χ2n) is 6.82. The van der Waals surface area contributed by atoms with E-state index in [1.807, 2.05) is 97.1 Å². The molecule has 5 heteroatoms. The van der Waals surface area contributed by atoms with Crippen molar-refractivity contribution < 1.29 is 14.6 Å². The number of rotatable bonds is 11. The van der Waals surface area contributed by atoms with Crippen molar-refractivity contribution in [3.63, 3.8) is 0 Å². The van der Waals surface area contributed by atoms with Gasteiger partial charge in [-0.1, -0.05) is 96.9 Å². The minimum absolute atomic E-state index is 0.104. The molecular weight excluding hydrogens is 478 g/mol. The number of benzene rings is 1. The number of aliphatic hydroxyl groups is 1. The van der Waals surface area contributed by atoms with E-state index in [0.717, 1.165) is 22.5 Å². The van der Waals surface area contributed by atoms with Gasteiger partial charge in [0.1, 0.15) is 18.1 Å². The lowest BCUT2D eigenvalue weighted by molar-refractivity contribution is 0.0937. The number of aliphatic hydroxyl groups excluding tert-OH is 1. The van der Waals surface area contributed by atoms with Crippen LogP contribution in [0, 0.1) is 0 Å². The number of ether oxygens (including phenoxy) is 1. The molecule has 0 fully saturated rings. The molecule has 37 heavy (non-hydrogen) atoms. The van der Waals surface area contributed by atoms with E-state index < -0.39 is 6.04 Å². The molecule has 0 spiro atoms. The third kappa shape index (κ3) is 17.0. The molecule has 0 bridgehead atoms. The number of carbonyl (C=O) groups is 1. The van der Waals surface area contributed by atoms with Gasteiger partial charge in [0, 0.05) is 5.56 Å². The number of amides is 1. The topological polar surface area (TPSA) is 58.6 Å². The molecule has 1 aromatic rings. The minimum atomic E-state index is -0.563. The molecule has 0 aliphatic heterocycles. The maximum Gasteiger partial charge on any atom is 0.252 e. The third-order valence-corrected chi connectivity index (χ3v) is 4.23. The van der Waals surface area contributed by atoms with E-state index in [1.165, 1.54) is 0 Å². The lowest BCUT2D eigenvalue weighted by atomic mass is 9.96. The number of hydrogen-bond acceptors (Lipinski definition) is 4. The maximum absolute atomic E-state index is 12.8. The maximum atomic E-state index is 12.8. The van der Waals surface area contributed by atoms with Crippen molar-refractivity contribution in [3.05, 3.63) is 115 Å². The molecule has 206 valence electrons. The molecule has 1 rings (SSSR count). The first-order valence-corrected chi connectivity index (χ1v) is 13.4. The van der Waals surface area contributed by atoms with Gasteiger partial charge in [-0.2, -0.15) is 12.6 Å². The fourth-order valence-corrected chi connectivity index (χ4v) is 2.48. The molecule has 2 N–H and O–H groups in total. The van der Waals surface area contributed by atoms with Crippen molar-refractivity contribution in [3.8, 4) is 0 Å². The Morgan fingerprint density at radius 1 is 1.05 bits per heavy atom. The molecule has 0 aromatic heterocycles. The molecule has 0 aliphatic rings. The van der Waals surface area contributed by atoms with Crippen LogP contribution in [0.5, 0.6) is 0 Å². The summed E-state index contributed by atoms with van der Waals surface area (Å²) < 4.78 is 5.81. The molecule has 1 aromatic carbocycles. The van der Waals surface area contributed by atoms with Crippen LogP contribution in [0.25, 0.3) is 5.57 Å². The first-order valence-electron chi connectivity index (χ1n) is 12.8. The van der Waals surface area contributed by atoms with E-state index in [1.54, 1.807) is 25.1 Å². The molecule has 4 nitrogen and oxygen atoms in total. The monoisotopic (exact) mass is 527 g/mol. The van der Waals surface area contributed by atoms with Gasteiger partial charge in [-0.3, -0.25) is 4.79 Å². The van der Waals surface area contributed by atoms with Crippen LogP contribution < -0.4 is 5.32 Å². The zero-order valence-electron chi connectivity index (χ0n) is 24.2. The van der Waals surface area contributed by atoms with Crippen molar-refractivity contribution >= 4 is 24.1 Å². The Bertz CT molecular complexity index is 924. The smallest absolute Gasteiger partial charge is 0.252 e. The van der Waals surface area contributed by atoms with Crippen molar-refractivity contribution in [1.29, 1.82) is 0 Å². The van der Waals surface area contributed by atoms with Gasteiger partial charge in [-0.15, -0.1) is 0 Å². The fourth-order valence-electron chi connectivity index (χ4n) is 2.48. The van der Waals surface area contributed by atoms with Gasteiger partial charge < -0.3 is 15.2 Å². The van der Waals surface area contributed by atoms with Crippen LogP contribution in [-0.4, -0.2) is 22.8 Å². The number of thiol groups is 1. The van der Waals surface area contributed by atoms with Gasteiger partial charge >= 0.3 is 0 Å². The highest BCUT2D eigenvalue weighted by molar-refractivity contribution is 7.80. The predicted octanol–water partition coefficient (Wildman–Crippen LogP) is 9.17. The molecule has 0 radical (unpaired) electrons. The Kier molecular flexibility index (Phi) is 26.8. The Morgan fingerprint density at radius 3 is 2.05 bits per heavy atom. The summed E-state index contributed by atoms with van der Waals surface area (Å²) >= 11 is 3.79. The Balaban J connectivity index is -0.00000150. The van der Waals surface area contributed by atoms with Gasteiger partial charge in [0.05, 0.1) is 6.04 Å². The van der Waals surface area contributed by atoms with Crippen LogP contribution in [0.2, 0.25) is 0 Å². The number of carbonyl (C=O) groups excluding carboxylic acids is 1. The first kappa shape index (κ1) is 38.4. The highest BCUT2D eigenvalue weighted by Gasteiger charge is 2.17. The van der Waals surface area contributed by atoms with Crippen LogP contribution >= 0.6 is 12.6 Å². The Hall–Kier alpha value is -3.18. The van der Waals surface area contributed by atoms with Gasteiger partial charge in [0.15, 0.2) is 0 Å². The van der Waals surface area contributed by atoms with E-state index in [2.05, 4.69) is 37.7 Å². The summed E-state index contributed by atoms with van der Waals surface area (Å²) in [7, 11) is 0. The first-order chi connectivity index (χ1) is 17.8. The normalized spacial score (nSPS) is 11.6.